The van der Waals surface area contributed by atoms with Crippen LogP contribution in [-0.2, 0) is 12.3 Å². The maximum Gasteiger partial charge on any atom is 0.404 e. The van der Waals surface area contributed by atoms with E-state index in [1.165, 1.54) is 6.07 Å². The summed E-state index contributed by atoms with van der Waals surface area (Å²) in [4.78, 5) is 35.1. The van der Waals surface area contributed by atoms with Crippen molar-refractivity contribution in [1.29, 1.82) is 0 Å². The van der Waals surface area contributed by atoms with Crippen LogP contribution in [0.15, 0.2) is 57.7 Å². The number of fused-ring (bicyclic) bond motifs is 1. The molecule has 8 heteroatoms. The lowest BCUT2D eigenvalue weighted by molar-refractivity contribution is 0.0730. The molecule has 1 heterocycles. The molecule has 1 aromatic heterocycles. The zero-order chi connectivity index (χ0) is 20.1. The van der Waals surface area contributed by atoms with Crippen LogP contribution >= 0.6 is 11.6 Å². The highest BCUT2D eigenvalue weighted by Crippen LogP contribution is 2.19. The van der Waals surface area contributed by atoms with E-state index in [2.05, 4.69) is 5.32 Å². The van der Waals surface area contributed by atoms with Gasteiger partial charge in [-0.2, -0.15) is 0 Å². The zero-order valence-electron chi connectivity index (χ0n) is 14.6. The number of rotatable bonds is 6. The van der Waals surface area contributed by atoms with Gasteiger partial charge < -0.3 is 19.6 Å². The second-order valence-electron chi connectivity index (χ2n) is 5.97. The first-order valence-corrected chi connectivity index (χ1v) is 8.90. The molecule has 0 radical (unpaired) electrons. The van der Waals surface area contributed by atoms with Gasteiger partial charge in [-0.05, 0) is 47.9 Å². The van der Waals surface area contributed by atoms with Crippen LogP contribution in [0.3, 0.4) is 0 Å². The van der Waals surface area contributed by atoms with E-state index >= 15 is 0 Å². The predicted octanol–water partition coefficient (Wildman–Crippen LogP) is 3.56. The lowest BCUT2D eigenvalue weighted by Crippen LogP contribution is -2.23. The first-order chi connectivity index (χ1) is 13.5. The maximum atomic E-state index is 12.4. The molecule has 0 unspecified atom stereocenters. The molecule has 0 aliphatic carbocycles. The Morgan fingerprint density at radius 3 is 2.68 bits per heavy atom. The molecule has 2 aromatic carbocycles. The van der Waals surface area contributed by atoms with E-state index in [1.807, 2.05) is 0 Å². The summed E-state index contributed by atoms with van der Waals surface area (Å²) in [6.07, 6.45) is -0.681. The largest absolute Gasteiger partial charge is 0.465 e. The van der Waals surface area contributed by atoms with E-state index in [4.69, 9.17) is 25.9 Å². The van der Waals surface area contributed by atoms with E-state index < -0.39 is 17.7 Å². The molecule has 144 valence electrons. The third-order valence-electron chi connectivity index (χ3n) is 3.97. The van der Waals surface area contributed by atoms with E-state index in [9.17, 15) is 14.4 Å². The number of hydrogen-bond acceptors (Lipinski definition) is 5. The average Bonchev–Trinajstić information content (AvgIpc) is 2.67. The van der Waals surface area contributed by atoms with Gasteiger partial charge in [0.2, 0.25) is 0 Å². The molecule has 0 bridgehead atoms. The Morgan fingerprint density at radius 2 is 1.93 bits per heavy atom. The Morgan fingerprint density at radius 1 is 1.11 bits per heavy atom. The second kappa shape index (κ2) is 8.58. The Labute approximate surface area is 164 Å². The van der Waals surface area contributed by atoms with Crippen LogP contribution in [0.5, 0.6) is 5.75 Å². The van der Waals surface area contributed by atoms with E-state index in [-0.39, 0.29) is 17.9 Å². The Bertz CT molecular complexity index is 1090. The number of alkyl halides is 1. The zero-order valence-corrected chi connectivity index (χ0v) is 15.4. The third-order valence-corrected chi connectivity index (χ3v) is 4.28. The Hall–Kier alpha value is -3.32. The molecular formula is C20H16ClNO6. The van der Waals surface area contributed by atoms with Crippen LogP contribution in [0, 0.1) is 0 Å². The van der Waals surface area contributed by atoms with Gasteiger partial charge in [-0.15, -0.1) is 11.6 Å². The minimum Gasteiger partial charge on any atom is -0.465 e. The van der Waals surface area contributed by atoms with Crippen molar-refractivity contribution in [3.63, 3.8) is 0 Å². The van der Waals surface area contributed by atoms with Crippen molar-refractivity contribution >= 4 is 34.6 Å². The van der Waals surface area contributed by atoms with Crippen LogP contribution in [0.25, 0.3) is 11.0 Å². The molecule has 7 nitrogen and oxygen atoms in total. The molecule has 3 aromatic rings. The van der Waals surface area contributed by atoms with Gasteiger partial charge in [0.1, 0.15) is 16.9 Å². The molecule has 0 saturated carbocycles. The highest BCUT2D eigenvalue weighted by molar-refractivity contribution is 6.17. The van der Waals surface area contributed by atoms with E-state index in [1.54, 1.807) is 42.5 Å². The van der Waals surface area contributed by atoms with Crippen LogP contribution in [0.2, 0.25) is 0 Å². The fourth-order valence-corrected chi connectivity index (χ4v) is 2.80. The Kier molecular flexibility index (Phi) is 5.96. The van der Waals surface area contributed by atoms with Crippen molar-refractivity contribution in [3.05, 3.63) is 75.6 Å². The van der Waals surface area contributed by atoms with Gasteiger partial charge >= 0.3 is 17.7 Å². The quantitative estimate of drug-likeness (QED) is 0.283. The number of carbonyl (C=O) groups is 2. The molecule has 0 aliphatic rings. The fraction of sp³-hybridized carbons (Fsp3) is 0.150. The van der Waals surface area contributed by atoms with Gasteiger partial charge in [-0.3, -0.25) is 0 Å². The van der Waals surface area contributed by atoms with Crippen molar-refractivity contribution in [2.45, 2.75) is 12.3 Å². The van der Waals surface area contributed by atoms with E-state index in [0.29, 0.717) is 23.3 Å². The number of carboxylic acid groups (broad SMARTS) is 1. The molecule has 0 atom stereocenters. The van der Waals surface area contributed by atoms with Crippen LogP contribution < -0.4 is 15.7 Å². The van der Waals surface area contributed by atoms with Gasteiger partial charge in [-0.25, -0.2) is 14.4 Å². The summed E-state index contributed by atoms with van der Waals surface area (Å²) in [7, 11) is 0. The fourth-order valence-electron chi connectivity index (χ4n) is 2.64. The van der Waals surface area contributed by atoms with Crippen molar-refractivity contribution in [3.8, 4) is 5.75 Å². The first-order valence-electron chi connectivity index (χ1n) is 8.37. The van der Waals surface area contributed by atoms with Gasteiger partial charge in [-0.1, -0.05) is 18.2 Å². The molecular weight excluding hydrogens is 386 g/mol. The minimum absolute atomic E-state index is 0.225. The molecule has 0 spiro atoms. The third kappa shape index (κ3) is 4.69. The molecule has 28 heavy (non-hydrogen) atoms. The number of hydrogen-bond donors (Lipinski definition) is 2. The number of amides is 1. The molecule has 0 aliphatic heterocycles. The van der Waals surface area contributed by atoms with Gasteiger partial charge in [0.05, 0.1) is 0 Å². The number of carbonyl (C=O) groups excluding carboxylic acids is 1. The smallest absolute Gasteiger partial charge is 0.404 e. The summed E-state index contributed by atoms with van der Waals surface area (Å²) in [5.74, 6) is -0.308. The predicted molar refractivity (Wildman–Crippen MR) is 103 cm³/mol. The number of benzene rings is 2. The Balaban J connectivity index is 1.80. The van der Waals surface area contributed by atoms with Gasteiger partial charge in [0.15, 0.2) is 0 Å². The van der Waals surface area contributed by atoms with Crippen molar-refractivity contribution in [2.24, 2.45) is 0 Å². The summed E-state index contributed by atoms with van der Waals surface area (Å²) >= 11 is 5.82. The number of esters is 1. The first kappa shape index (κ1) is 19.4. The SMILES string of the molecule is O=C(O)NCCc1cccc(OC(=O)c2cc3cc(CCl)ccc3oc2=O)c1. The lowest BCUT2D eigenvalue weighted by Gasteiger charge is -2.07. The van der Waals surface area contributed by atoms with Crippen molar-refractivity contribution < 1.29 is 23.8 Å². The van der Waals surface area contributed by atoms with Crippen molar-refractivity contribution in [1.82, 2.24) is 5.32 Å². The van der Waals surface area contributed by atoms with Crippen LogP contribution in [0.4, 0.5) is 4.79 Å². The average molecular weight is 402 g/mol. The summed E-state index contributed by atoms with van der Waals surface area (Å²) in [5, 5.41) is 11.4. The highest BCUT2D eigenvalue weighted by atomic mass is 35.5. The van der Waals surface area contributed by atoms with Crippen LogP contribution in [0.1, 0.15) is 21.5 Å². The lowest BCUT2D eigenvalue weighted by atomic mass is 10.1. The van der Waals surface area contributed by atoms with Gasteiger partial charge in [0, 0.05) is 17.8 Å². The minimum atomic E-state index is -1.11. The number of ether oxygens (including phenoxy) is 1. The number of halogens is 1. The molecule has 0 saturated heterocycles. The van der Waals surface area contributed by atoms with Gasteiger partial charge in [0.25, 0.3) is 0 Å². The molecule has 3 rings (SSSR count). The van der Waals surface area contributed by atoms with Crippen molar-refractivity contribution in [2.75, 3.05) is 6.54 Å². The molecule has 1 amide bonds. The normalized spacial score (nSPS) is 10.6. The summed E-state index contributed by atoms with van der Waals surface area (Å²) in [6, 6.07) is 13.1. The highest BCUT2D eigenvalue weighted by Gasteiger charge is 2.16. The summed E-state index contributed by atoms with van der Waals surface area (Å²) < 4.78 is 10.5. The second-order valence-corrected chi connectivity index (χ2v) is 6.24. The van der Waals surface area contributed by atoms with Crippen LogP contribution in [-0.4, -0.2) is 23.7 Å². The number of nitrogens with one attached hydrogen (secondary N) is 1. The summed E-state index contributed by atoms with van der Waals surface area (Å²) in [5.41, 5.74) is 0.930. The van der Waals surface area contributed by atoms with E-state index in [0.717, 1.165) is 11.1 Å². The maximum absolute atomic E-state index is 12.4. The summed E-state index contributed by atoms with van der Waals surface area (Å²) in [6.45, 7) is 0.226. The topological polar surface area (TPSA) is 106 Å². The molecule has 2 N–H and O–H groups in total. The monoisotopic (exact) mass is 401 g/mol. The molecule has 0 fully saturated rings. The standard InChI is InChI=1S/C20H16ClNO6/c21-11-13-4-5-17-14(8-13)10-16(19(24)28-17)18(23)27-15-3-1-2-12(9-15)6-7-22-20(25)26/h1-5,8-10,22H,6-7,11H2,(H,25,26).